The number of carbonyl (C=O) groups excluding carboxylic acids is 3. The maximum atomic E-state index is 14.4. The van der Waals surface area contributed by atoms with Crippen LogP contribution in [0.1, 0.15) is 49.3 Å². The van der Waals surface area contributed by atoms with Gasteiger partial charge in [-0.05, 0) is 36.8 Å². The predicted molar refractivity (Wildman–Crippen MR) is 161 cm³/mol. The quantitative estimate of drug-likeness (QED) is 0.315. The van der Waals surface area contributed by atoms with Crippen LogP contribution < -0.4 is 19.9 Å². The summed E-state index contributed by atoms with van der Waals surface area (Å²) in [7, 11) is 0. The molecule has 0 radical (unpaired) electrons. The number of aliphatic hydroxyl groups is 1. The van der Waals surface area contributed by atoms with Crippen LogP contribution in [0.3, 0.4) is 0 Å². The molecule has 10 nitrogen and oxygen atoms in total. The lowest BCUT2D eigenvalue weighted by Gasteiger charge is -2.38. The molecule has 1 aliphatic carbocycles. The number of halogens is 3. The number of ether oxygens (including phenoxy) is 1. The van der Waals surface area contributed by atoms with E-state index in [4.69, 9.17) is 16.3 Å². The van der Waals surface area contributed by atoms with Crippen LogP contribution >= 0.6 is 11.6 Å². The molecule has 1 aromatic heterocycles. The number of rotatable bonds is 11. The molecule has 0 unspecified atom stereocenters. The molecule has 5 rings (SSSR count). The fourth-order valence-corrected chi connectivity index (χ4v) is 5.87. The molecule has 13 heteroatoms. The lowest BCUT2D eigenvalue weighted by atomic mass is 9.87. The van der Waals surface area contributed by atoms with E-state index < -0.39 is 48.7 Å². The van der Waals surface area contributed by atoms with E-state index in [1.54, 1.807) is 42.5 Å². The minimum atomic E-state index is -2.89. The number of anilines is 2. The summed E-state index contributed by atoms with van der Waals surface area (Å²) in [6.07, 6.45) is 0.578. The molecule has 2 atom stereocenters. The van der Waals surface area contributed by atoms with Crippen LogP contribution in [0.5, 0.6) is 5.75 Å². The van der Waals surface area contributed by atoms with Crippen molar-refractivity contribution in [3.63, 3.8) is 0 Å². The highest BCUT2D eigenvalue weighted by molar-refractivity contribution is 6.31. The highest BCUT2D eigenvalue weighted by Gasteiger charge is 2.47. The van der Waals surface area contributed by atoms with Crippen molar-refractivity contribution < 1.29 is 33.0 Å². The maximum Gasteiger partial charge on any atom is 0.252 e. The fourth-order valence-electron chi connectivity index (χ4n) is 5.63. The molecule has 234 valence electrons. The van der Waals surface area contributed by atoms with Crippen molar-refractivity contribution in [2.45, 2.75) is 56.2 Å². The number of benzene rings is 2. The van der Waals surface area contributed by atoms with Gasteiger partial charge in [0.2, 0.25) is 17.7 Å². The van der Waals surface area contributed by atoms with Gasteiger partial charge in [-0.15, -0.1) is 0 Å². The number of hydrogen-bond donors (Lipinski definition) is 2. The first-order valence-electron chi connectivity index (χ1n) is 14.4. The zero-order chi connectivity index (χ0) is 32.1. The fraction of sp³-hybridized carbons (Fsp3) is 0.344. The van der Waals surface area contributed by atoms with Crippen molar-refractivity contribution in [2.75, 3.05) is 23.0 Å². The molecule has 0 spiro atoms. The van der Waals surface area contributed by atoms with Crippen molar-refractivity contribution in [1.82, 2.24) is 10.3 Å². The van der Waals surface area contributed by atoms with Gasteiger partial charge in [0.15, 0.2) is 0 Å². The summed E-state index contributed by atoms with van der Waals surface area (Å²) in [6, 6.07) is 15.0. The minimum Gasteiger partial charge on any atom is -0.491 e. The molecule has 1 saturated carbocycles. The summed E-state index contributed by atoms with van der Waals surface area (Å²) < 4.78 is 32.9. The summed E-state index contributed by atoms with van der Waals surface area (Å²) in [5.41, 5.74) is 0.804. The number of nitrogens with zero attached hydrogens (tertiary/aromatic N) is 4. The van der Waals surface area contributed by atoms with Crippen LogP contribution in [0.2, 0.25) is 5.02 Å². The van der Waals surface area contributed by atoms with Gasteiger partial charge in [-0.1, -0.05) is 35.9 Å². The molecule has 2 aromatic carbocycles. The van der Waals surface area contributed by atoms with E-state index in [2.05, 4.69) is 10.3 Å². The third-order valence-electron chi connectivity index (χ3n) is 7.72. The average molecular weight is 638 g/mol. The van der Waals surface area contributed by atoms with Crippen molar-refractivity contribution in [1.29, 1.82) is 5.26 Å². The molecular weight excluding hydrogens is 608 g/mol. The van der Waals surface area contributed by atoms with Gasteiger partial charge in [-0.25, -0.2) is 13.8 Å². The van der Waals surface area contributed by atoms with Gasteiger partial charge in [-0.3, -0.25) is 24.2 Å². The van der Waals surface area contributed by atoms with Gasteiger partial charge in [0.05, 0.1) is 18.2 Å². The molecule has 3 amide bonds. The first-order valence-corrected chi connectivity index (χ1v) is 14.7. The highest BCUT2D eigenvalue weighted by atomic mass is 35.5. The predicted octanol–water partition coefficient (Wildman–Crippen LogP) is 4.55. The molecule has 2 N–H and O–H groups in total. The second kappa shape index (κ2) is 13.6. The lowest BCUT2D eigenvalue weighted by molar-refractivity contribution is -0.133. The summed E-state index contributed by atoms with van der Waals surface area (Å²) in [6.45, 7) is -0.272. The van der Waals surface area contributed by atoms with Crippen molar-refractivity contribution >= 4 is 40.8 Å². The van der Waals surface area contributed by atoms with Crippen LogP contribution in [-0.4, -0.2) is 59.0 Å². The van der Waals surface area contributed by atoms with Crippen molar-refractivity contribution in [3.8, 4) is 11.8 Å². The van der Waals surface area contributed by atoms with E-state index >= 15 is 0 Å². The zero-order valence-electron chi connectivity index (χ0n) is 24.0. The van der Waals surface area contributed by atoms with Crippen molar-refractivity contribution in [2.24, 2.45) is 0 Å². The van der Waals surface area contributed by atoms with Gasteiger partial charge in [0.1, 0.15) is 24.2 Å². The van der Waals surface area contributed by atoms with Crippen LogP contribution in [0, 0.1) is 11.3 Å². The Morgan fingerprint density at radius 1 is 1.20 bits per heavy atom. The molecule has 2 fully saturated rings. The third-order valence-corrected chi connectivity index (χ3v) is 8.07. The summed E-state index contributed by atoms with van der Waals surface area (Å²) in [5.74, 6) is -3.89. The lowest BCUT2D eigenvalue weighted by Crippen LogP contribution is -2.54. The Bertz CT molecular complexity index is 1630. The summed E-state index contributed by atoms with van der Waals surface area (Å²) in [5, 5.41) is 21.4. The number of pyridine rings is 1. The second-order valence-electron chi connectivity index (χ2n) is 10.9. The summed E-state index contributed by atoms with van der Waals surface area (Å²) >= 11 is 6.57. The number of nitriles is 1. The number of amides is 3. The van der Waals surface area contributed by atoms with Crippen molar-refractivity contribution in [3.05, 3.63) is 83.0 Å². The first-order chi connectivity index (χ1) is 21.6. The molecule has 2 aliphatic rings. The molecule has 3 aromatic rings. The van der Waals surface area contributed by atoms with E-state index in [1.165, 1.54) is 34.2 Å². The molecule has 45 heavy (non-hydrogen) atoms. The second-order valence-corrected chi connectivity index (χ2v) is 11.3. The van der Waals surface area contributed by atoms with Gasteiger partial charge in [-0.2, -0.15) is 5.26 Å². The van der Waals surface area contributed by atoms with Crippen LogP contribution in [0.25, 0.3) is 0 Å². The Balaban J connectivity index is 1.55. The van der Waals surface area contributed by atoms with Gasteiger partial charge in [0.25, 0.3) is 5.92 Å². The largest absolute Gasteiger partial charge is 0.491 e. The van der Waals surface area contributed by atoms with Gasteiger partial charge >= 0.3 is 0 Å². The first kappa shape index (κ1) is 31.8. The Kier molecular flexibility index (Phi) is 9.60. The zero-order valence-corrected chi connectivity index (χ0v) is 24.8. The van der Waals surface area contributed by atoms with E-state index in [9.17, 15) is 33.5 Å². The van der Waals surface area contributed by atoms with E-state index in [0.717, 1.165) is 0 Å². The van der Waals surface area contributed by atoms with Crippen LogP contribution in [0.15, 0.2) is 66.9 Å². The SMILES string of the molecule is N#Cc1ccnc(N2C(=O)CC[C@H]2CC(=O)N(c2cccc(OCCO)c2)[C@H](C(=O)NC2CC(F)(F)C2)c2ccccc2Cl)c1. The van der Waals surface area contributed by atoms with Crippen LogP contribution in [0.4, 0.5) is 20.3 Å². The number of hydrogen-bond acceptors (Lipinski definition) is 7. The van der Waals surface area contributed by atoms with Crippen LogP contribution in [-0.2, 0) is 14.4 Å². The molecule has 1 aliphatic heterocycles. The van der Waals surface area contributed by atoms with E-state index in [0.29, 0.717) is 17.7 Å². The standard InChI is InChI=1S/C32H30ClF2N5O5/c33-26-7-2-1-6-25(26)30(31(44)38-21-17-32(34,35)18-21)40(22-4-3-5-24(15-22)45-13-12-41)29(43)16-23-8-9-28(42)39(23)27-14-20(19-36)10-11-37-27/h1-7,10-11,14-15,21,23,30,41H,8-9,12-13,16-18H2,(H,38,44)/t23-,30-/m0/s1. The number of alkyl halides is 2. The highest BCUT2D eigenvalue weighted by Crippen LogP contribution is 2.40. The number of aromatic nitrogens is 1. The van der Waals surface area contributed by atoms with Gasteiger partial charge in [0, 0.05) is 66.3 Å². The average Bonchev–Trinajstić information content (AvgIpc) is 3.37. The van der Waals surface area contributed by atoms with Gasteiger partial charge < -0.3 is 15.2 Å². The molecule has 0 bridgehead atoms. The normalized spacial score (nSPS) is 18.1. The smallest absolute Gasteiger partial charge is 0.252 e. The van der Waals surface area contributed by atoms with E-state index in [1.807, 2.05) is 6.07 Å². The number of aliphatic hydroxyl groups excluding tert-OH is 1. The Morgan fingerprint density at radius 2 is 1.98 bits per heavy atom. The Hall–Kier alpha value is -4.60. The number of nitrogens with one attached hydrogen (secondary N) is 1. The topological polar surface area (TPSA) is 136 Å². The summed E-state index contributed by atoms with van der Waals surface area (Å²) in [4.78, 5) is 48.2. The third kappa shape index (κ3) is 7.21. The molecular formula is C32H30ClF2N5O5. The van der Waals surface area contributed by atoms with E-state index in [-0.39, 0.29) is 54.1 Å². The molecule has 2 heterocycles. The Morgan fingerprint density at radius 3 is 2.69 bits per heavy atom. The minimum absolute atomic E-state index is 0.0182. The maximum absolute atomic E-state index is 14.4. The Labute approximate surface area is 263 Å². The monoisotopic (exact) mass is 637 g/mol. The molecule has 1 saturated heterocycles. The number of carbonyl (C=O) groups is 3.